The van der Waals surface area contributed by atoms with Gasteiger partial charge in [-0.3, -0.25) is 9.59 Å². The van der Waals surface area contributed by atoms with Gasteiger partial charge in [-0.15, -0.1) is 0 Å². The predicted molar refractivity (Wildman–Crippen MR) is 146 cm³/mol. The predicted octanol–water partition coefficient (Wildman–Crippen LogP) is 7.90. The van der Waals surface area contributed by atoms with E-state index in [1.165, 1.54) is 6.08 Å². The van der Waals surface area contributed by atoms with Crippen molar-refractivity contribution in [1.29, 1.82) is 0 Å². The van der Waals surface area contributed by atoms with Crippen LogP contribution in [0.5, 0.6) is 0 Å². The molecule has 0 N–H and O–H groups in total. The van der Waals surface area contributed by atoms with E-state index in [0.29, 0.717) is 29.5 Å². The van der Waals surface area contributed by atoms with Crippen LogP contribution in [0.1, 0.15) is 56.9 Å². The van der Waals surface area contributed by atoms with E-state index in [1.807, 2.05) is 84.9 Å². The average molecular weight is 485 g/mol. The molecule has 4 aromatic carbocycles. The van der Waals surface area contributed by atoms with Crippen molar-refractivity contribution in [2.24, 2.45) is 0 Å². The third-order valence-corrected chi connectivity index (χ3v) is 6.66. The molecule has 1 fully saturated rings. The molecule has 0 aliphatic carbocycles. The van der Waals surface area contributed by atoms with Crippen molar-refractivity contribution in [3.8, 4) is 0 Å². The Morgan fingerprint density at radius 1 is 0.568 bits per heavy atom. The minimum Gasteiger partial charge on any atom is -0.365 e. The minimum atomic E-state index is -0.202. The number of carbonyl (C=O) groups excluding carboxylic acids is 2. The van der Waals surface area contributed by atoms with Crippen LogP contribution in [0.25, 0.3) is 0 Å². The fourth-order valence-corrected chi connectivity index (χ4v) is 4.73. The van der Waals surface area contributed by atoms with Crippen LogP contribution in [0.3, 0.4) is 0 Å². The van der Waals surface area contributed by atoms with Gasteiger partial charge in [0, 0.05) is 16.7 Å². The molecule has 182 valence electrons. The number of hydrogen-bond acceptors (Lipinski definition) is 3. The summed E-state index contributed by atoms with van der Waals surface area (Å²) in [7, 11) is 0. The summed E-state index contributed by atoms with van der Waals surface area (Å²) in [5, 5.41) is 0. The highest BCUT2D eigenvalue weighted by atomic mass is 16.5. The topological polar surface area (TPSA) is 43.4 Å². The summed E-state index contributed by atoms with van der Waals surface area (Å²) in [6.07, 6.45) is 3.97. The van der Waals surface area contributed by atoms with Crippen molar-refractivity contribution in [3.63, 3.8) is 0 Å². The van der Waals surface area contributed by atoms with Crippen LogP contribution in [-0.4, -0.2) is 11.6 Å². The lowest BCUT2D eigenvalue weighted by atomic mass is 9.85. The number of Topliss-reactive ketones (excluding diaryl/α,β-unsaturated/α-hetero) is 1. The molecule has 0 spiro atoms. The Bertz CT molecular complexity index is 1360. The Morgan fingerprint density at radius 3 is 1.49 bits per heavy atom. The molecule has 1 heterocycles. The van der Waals surface area contributed by atoms with Crippen LogP contribution in [0.15, 0.2) is 145 Å². The normalized spacial score (nSPS) is 17.5. The zero-order valence-electron chi connectivity index (χ0n) is 20.5. The van der Waals surface area contributed by atoms with Crippen LogP contribution < -0.4 is 0 Å². The van der Waals surface area contributed by atoms with Gasteiger partial charge in [-0.05, 0) is 36.1 Å². The number of ether oxygens (including phenoxy) is 1. The van der Waals surface area contributed by atoms with Gasteiger partial charge in [0.25, 0.3) is 0 Å². The van der Waals surface area contributed by atoms with E-state index >= 15 is 0 Å². The number of ketones is 2. The molecule has 0 aromatic heterocycles. The maximum atomic E-state index is 13.8. The molecule has 1 aliphatic rings. The number of benzene rings is 4. The van der Waals surface area contributed by atoms with Crippen molar-refractivity contribution < 1.29 is 14.3 Å². The van der Waals surface area contributed by atoms with Gasteiger partial charge in [0.05, 0.1) is 12.2 Å². The van der Waals surface area contributed by atoms with Gasteiger partial charge >= 0.3 is 0 Å². The Balaban J connectivity index is 1.59. The number of allylic oxidation sites excluding steroid dienone is 3. The van der Waals surface area contributed by atoms with E-state index in [9.17, 15) is 9.59 Å². The Morgan fingerprint density at radius 2 is 1.00 bits per heavy atom. The van der Waals surface area contributed by atoms with E-state index < -0.39 is 0 Å². The van der Waals surface area contributed by atoms with E-state index in [4.69, 9.17) is 4.74 Å². The van der Waals surface area contributed by atoms with Gasteiger partial charge < -0.3 is 4.74 Å². The van der Waals surface area contributed by atoms with E-state index in [0.717, 1.165) is 16.7 Å². The summed E-state index contributed by atoms with van der Waals surface area (Å²) in [5.74, 6) is -0.223. The molecule has 0 amide bonds. The highest BCUT2D eigenvalue weighted by molar-refractivity contribution is 6.13. The number of carbonyl (C=O) groups is 2. The molecular formula is C34H28O3. The van der Waals surface area contributed by atoms with E-state index in [1.54, 1.807) is 18.2 Å². The molecule has 0 saturated carbocycles. The summed E-state index contributed by atoms with van der Waals surface area (Å²) in [4.78, 5) is 26.7. The van der Waals surface area contributed by atoms with Crippen LogP contribution >= 0.6 is 0 Å². The van der Waals surface area contributed by atoms with Crippen LogP contribution in [0, 0.1) is 0 Å². The monoisotopic (exact) mass is 484 g/mol. The Labute approximate surface area is 217 Å². The first-order valence-corrected chi connectivity index (χ1v) is 12.5. The Kier molecular flexibility index (Phi) is 7.63. The zero-order chi connectivity index (χ0) is 25.5. The summed E-state index contributed by atoms with van der Waals surface area (Å²) in [5.41, 5.74) is 4.86. The molecule has 0 radical (unpaired) electrons. The highest BCUT2D eigenvalue weighted by Gasteiger charge is 2.30. The van der Waals surface area contributed by atoms with Gasteiger partial charge in [0.15, 0.2) is 11.6 Å². The van der Waals surface area contributed by atoms with E-state index in [-0.39, 0.29) is 23.8 Å². The van der Waals surface area contributed by atoms with Gasteiger partial charge in [-0.25, -0.2) is 0 Å². The van der Waals surface area contributed by atoms with Crippen molar-refractivity contribution in [3.05, 3.63) is 167 Å². The summed E-state index contributed by atoms with van der Waals surface area (Å²) in [6, 6.07) is 38.6. The highest BCUT2D eigenvalue weighted by Crippen LogP contribution is 2.43. The lowest BCUT2D eigenvalue weighted by Crippen LogP contribution is -2.20. The number of hydrogen-bond donors (Lipinski definition) is 0. The summed E-state index contributed by atoms with van der Waals surface area (Å²) >= 11 is 0. The van der Waals surface area contributed by atoms with Crippen LogP contribution in [0.2, 0.25) is 0 Å². The quantitative estimate of drug-likeness (QED) is 0.198. The van der Waals surface area contributed by atoms with E-state index in [2.05, 4.69) is 24.3 Å². The zero-order valence-corrected chi connectivity index (χ0v) is 20.5. The average Bonchev–Trinajstić information content (AvgIpc) is 2.98. The molecule has 2 atom stereocenters. The maximum Gasteiger partial charge on any atom is 0.192 e. The van der Waals surface area contributed by atoms with Crippen molar-refractivity contribution in [1.82, 2.24) is 0 Å². The molecule has 0 bridgehead atoms. The van der Waals surface area contributed by atoms with Gasteiger partial charge in [0.2, 0.25) is 0 Å². The lowest BCUT2D eigenvalue weighted by molar-refractivity contribution is -0.0350. The molecule has 4 aromatic rings. The van der Waals surface area contributed by atoms with Crippen LogP contribution in [-0.2, 0) is 4.74 Å². The third-order valence-electron chi connectivity index (χ3n) is 6.66. The lowest BCUT2D eigenvalue weighted by Gasteiger charge is -2.33. The molecule has 3 heteroatoms. The summed E-state index contributed by atoms with van der Waals surface area (Å²) in [6.45, 7) is 0. The molecular weight excluding hydrogens is 456 g/mol. The fourth-order valence-electron chi connectivity index (χ4n) is 4.73. The second kappa shape index (κ2) is 11.6. The Hall–Kier alpha value is -4.34. The minimum absolute atomic E-state index is 0.0896. The van der Waals surface area contributed by atoms with Gasteiger partial charge in [-0.1, -0.05) is 127 Å². The standard InChI is InChI=1S/C34H28O3/c35-31(25-13-5-1-6-14-25)22-21-30(34(36)28-19-11-4-12-20-28)29-23-32(26-15-7-2-8-16-26)37-33(24-29)27-17-9-3-10-18-27/h1-22,32-33H,23-24H2/b22-21-,30-29?. The third kappa shape index (κ3) is 5.91. The first-order chi connectivity index (χ1) is 18.2. The second-order valence-corrected chi connectivity index (χ2v) is 9.12. The molecule has 5 rings (SSSR count). The fraction of sp³-hybridized carbons (Fsp3) is 0.118. The molecule has 37 heavy (non-hydrogen) atoms. The first-order valence-electron chi connectivity index (χ1n) is 12.5. The molecule has 3 nitrogen and oxygen atoms in total. The molecule has 2 unspecified atom stereocenters. The maximum absolute atomic E-state index is 13.8. The van der Waals surface area contributed by atoms with Gasteiger partial charge in [-0.2, -0.15) is 0 Å². The largest absolute Gasteiger partial charge is 0.365 e. The van der Waals surface area contributed by atoms with Crippen molar-refractivity contribution >= 4 is 11.6 Å². The molecule has 1 aliphatic heterocycles. The number of rotatable bonds is 7. The first kappa shape index (κ1) is 24.4. The SMILES string of the molecule is O=C(/C=C\C(C(=O)c1ccccc1)=C1CC(c2ccccc2)OC(c2ccccc2)C1)c1ccccc1. The van der Waals surface area contributed by atoms with Crippen molar-refractivity contribution in [2.75, 3.05) is 0 Å². The second-order valence-electron chi connectivity index (χ2n) is 9.12. The summed E-state index contributed by atoms with van der Waals surface area (Å²) < 4.78 is 6.58. The molecule has 1 saturated heterocycles. The van der Waals surface area contributed by atoms with Crippen LogP contribution in [0.4, 0.5) is 0 Å². The smallest absolute Gasteiger partial charge is 0.192 e. The van der Waals surface area contributed by atoms with Crippen molar-refractivity contribution in [2.45, 2.75) is 25.0 Å². The van der Waals surface area contributed by atoms with Gasteiger partial charge in [0.1, 0.15) is 0 Å².